The second-order valence-corrected chi connectivity index (χ2v) is 3.83. The Balaban J connectivity index is 1.95. The lowest BCUT2D eigenvalue weighted by molar-refractivity contribution is -0.122. The molecule has 0 aliphatic heterocycles. The Morgan fingerprint density at radius 1 is 1.39 bits per heavy atom. The van der Waals surface area contributed by atoms with Crippen molar-refractivity contribution < 1.29 is 9.53 Å². The lowest BCUT2D eigenvalue weighted by Gasteiger charge is -2.13. The number of aromatic nitrogens is 3. The van der Waals surface area contributed by atoms with Crippen LogP contribution in [0.3, 0.4) is 0 Å². The number of aryl methyl sites for hydroxylation is 1. The van der Waals surface area contributed by atoms with Crippen molar-refractivity contribution in [2.75, 3.05) is 5.32 Å². The summed E-state index contributed by atoms with van der Waals surface area (Å²) in [7, 11) is 1.75. The maximum Gasteiger partial charge on any atom is 0.267 e. The van der Waals surface area contributed by atoms with Gasteiger partial charge in [0.1, 0.15) is 12.1 Å². The van der Waals surface area contributed by atoms with Crippen LogP contribution in [0.15, 0.2) is 36.7 Å². The SMILES string of the molecule is C[C@@H](Oc1ccccc1)C(=O)Nc1nncn1C. The quantitative estimate of drug-likeness (QED) is 0.880. The molecular weight excluding hydrogens is 232 g/mol. The Kier molecular flexibility index (Phi) is 3.57. The summed E-state index contributed by atoms with van der Waals surface area (Å²) < 4.78 is 7.11. The van der Waals surface area contributed by atoms with Crippen molar-refractivity contribution in [1.29, 1.82) is 0 Å². The highest BCUT2D eigenvalue weighted by Crippen LogP contribution is 2.11. The Bertz CT molecular complexity index is 524. The van der Waals surface area contributed by atoms with Gasteiger partial charge in [-0.1, -0.05) is 18.2 Å². The van der Waals surface area contributed by atoms with Gasteiger partial charge in [0, 0.05) is 7.05 Å². The van der Waals surface area contributed by atoms with Gasteiger partial charge in [0.2, 0.25) is 5.95 Å². The minimum Gasteiger partial charge on any atom is -0.481 e. The van der Waals surface area contributed by atoms with E-state index in [1.54, 1.807) is 30.7 Å². The van der Waals surface area contributed by atoms with Crippen LogP contribution >= 0.6 is 0 Å². The number of nitrogens with one attached hydrogen (secondary N) is 1. The van der Waals surface area contributed by atoms with Crippen LogP contribution in [0, 0.1) is 0 Å². The van der Waals surface area contributed by atoms with Crippen molar-refractivity contribution in [1.82, 2.24) is 14.8 Å². The maximum atomic E-state index is 11.8. The minimum absolute atomic E-state index is 0.269. The monoisotopic (exact) mass is 246 g/mol. The molecule has 6 nitrogen and oxygen atoms in total. The first-order valence-electron chi connectivity index (χ1n) is 5.53. The first kappa shape index (κ1) is 12.1. The molecule has 0 spiro atoms. The van der Waals surface area contributed by atoms with Crippen molar-refractivity contribution in [3.05, 3.63) is 36.7 Å². The molecule has 1 atom stereocenters. The fourth-order valence-corrected chi connectivity index (χ4v) is 1.36. The third-order valence-electron chi connectivity index (χ3n) is 2.37. The number of nitrogens with zero attached hydrogens (tertiary/aromatic N) is 3. The molecule has 0 bridgehead atoms. The number of benzene rings is 1. The first-order valence-corrected chi connectivity index (χ1v) is 5.53. The maximum absolute atomic E-state index is 11.8. The number of hydrogen-bond acceptors (Lipinski definition) is 4. The summed E-state index contributed by atoms with van der Waals surface area (Å²) in [5.74, 6) is 0.775. The fraction of sp³-hybridized carbons (Fsp3) is 0.250. The van der Waals surface area contributed by atoms with Gasteiger partial charge in [-0.05, 0) is 19.1 Å². The van der Waals surface area contributed by atoms with E-state index in [0.717, 1.165) is 0 Å². The topological polar surface area (TPSA) is 69.0 Å². The van der Waals surface area contributed by atoms with Crippen molar-refractivity contribution in [3.8, 4) is 5.75 Å². The molecule has 0 unspecified atom stereocenters. The van der Waals surface area contributed by atoms with Gasteiger partial charge >= 0.3 is 0 Å². The molecule has 0 aliphatic rings. The van der Waals surface area contributed by atoms with Gasteiger partial charge in [-0.15, -0.1) is 10.2 Å². The predicted molar refractivity (Wildman–Crippen MR) is 66.2 cm³/mol. The molecule has 1 aromatic heterocycles. The summed E-state index contributed by atoms with van der Waals surface area (Å²) in [6, 6.07) is 9.18. The normalized spacial score (nSPS) is 11.9. The number of carbonyl (C=O) groups is 1. The Labute approximate surface area is 105 Å². The second kappa shape index (κ2) is 5.31. The molecule has 1 aromatic carbocycles. The number of amides is 1. The molecule has 6 heteroatoms. The zero-order valence-electron chi connectivity index (χ0n) is 10.2. The molecule has 1 amide bonds. The van der Waals surface area contributed by atoms with E-state index in [1.165, 1.54) is 6.33 Å². The Hall–Kier alpha value is -2.37. The standard InChI is InChI=1S/C12H14N4O2/c1-9(18-10-6-4-3-5-7-10)11(17)14-12-15-13-8-16(12)2/h3-9H,1-2H3,(H,14,15,17)/t9-/m1/s1. The number of para-hydroxylation sites is 1. The van der Waals surface area contributed by atoms with Crippen LogP contribution in [-0.4, -0.2) is 26.8 Å². The fourth-order valence-electron chi connectivity index (χ4n) is 1.36. The van der Waals surface area contributed by atoms with E-state index in [-0.39, 0.29) is 5.91 Å². The largest absolute Gasteiger partial charge is 0.481 e. The van der Waals surface area contributed by atoms with Gasteiger partial charge in [-0.2, -0.15) is 0 Å². The summed E-state index contributed by atoms with van der Waals surface area (Å²) in [5, 5.41) is 10.1. The van der Waals surface area contributed by atoms with Gasteiger partial charge in [0.05, 0.1) is 0 Å². The van der Waals surface area contributed by atoms with E-state index in [1.807, 2.05) is 18.2 Å². The molecule has 0 radical (unpaired) electrons. The van der Waals surface area contributed by atoms with E-state index < -0.39 is 6.10 Å². The van der Waals surface area contributed by atoms with E-state index in [9.17, 15) is 4.79 Å². The molecule has 1 N–H and O–H groups in total. The Morgan fingerprint density at radius 2 is 2.11 bits per heavy atom. The van der Waals surface area contributed by atoms with Crippen molar-refractivity contribution in [2.45, 2.75) is 13.0 Å². The van der Waals surface area contributed by atoms with Crippen LogP contribution in [0.4, 0.5) is 5.95 Å². The van der Waals surface area contributed by atoms with E-state index >= 15 is 0 Å². The zero-order valence-corrected chi connectivity index (χ0v) is 10.2. The number of rotatable bonds is 4. The van der Waals surface area contributed by atoms with Crippen molar-refractivity contribution >= 4 is 11.9 Å². The van der Waals surface area contributed by atoms with Crippen LogP contribution in [0.25, 0.3) is 0 Å². The molecule has 2 rings (SSSR count). The van der Waals surface area contributed by atoms with Gasteiger partial charge < -0.3 is 9.30 Å². The highest BCUT2D eigenvalue weighted by Gasteiger charge is 2.16. The van der Waals surface area contributed by atoms with E-state index in [0.29, 0.717) is 11.7 Å². The lowest BCUT2D eigenvalue weighted by atomic mass is 10.3. The lowest BCUT2D eigenvalue weighted by Crippen LogP contribution is -2.31. The number of anilines is 1. The summed E-state index contributed by atoms with van der Waals surface area (Å²) in [4.78, 5) is 11.8. The number of carbonyl (C=O) groups excluding carboxylic acids is 1. The average molecular weight is 246 g/mol. The van der Waals surface area contributed by atoms with Crippen LogP contribution in [-0.2, 0) is 11.8 Å². The highest BCUT2D eigenvalue weighted by atomic mass is 16.5. The molecule has 0 saturated carbocycles. The van der Waals surface area contributed by atoms with Crippen molar-refractivity contribution in [2.24, 2.45) is 7.05 Å². The summed E-state index contributed by atoms with van der Waals surface area (Å²) in [5.41, 5.74) is 0. The molecule has 2 aromatic rings. The van der Waals surface area contributed by atoms with Crippen molar-refractivity contribution in [3.63, 3.8) is 0 Å². The number of ether oxygens (including phenoxy) is 1. The van der Waals surface area contributed by atoms with Gasteiger partial charge in [-0.3, -0.25) is 10.1 Å². The molecule has 0 aliphatic carbocycles. The highest BCUT2D eigenvalue weighted by molar-refractivity contribution is 5.92. The van der Waals surface area contributed by atoms with Crippen LogP contribution < -0.4 is 10.1 Å². The minimum atomic E-state index is -0.607. The summed E-state index contributed by atoms with van der Waals surface area (Å²) in [6.07, 6.45) is 0.905. The third-order valence-corrected chi connectivity index (χ3v) is 2.37. The van der Waals surface area contributed by atoms with Crippen LogP contribution in [0.5, 0.6) is 5.75 Å². The molecule has 0 fully saturated rings. The zero-order chi connectivity index (χ0) is 13.0. The molecule has 94 valence electrons. The second-order valence-electron chi connectivity index (χ2n) is 3.83. The van der Waals surface area contributed by atoms with Gasteiger partial charge in [0.15, 0.2) is 6.10 Å². The van der Waals surface area contributed by atoms with E-state index in [2.05, 4.69) is 15.5 Å². The van der Waals surface area contributed by atoms with Gasteiger partial charge in [-0.25, -0.2) is 0 Å². The molecular formula is C12H14N4O2. The molecule has 18 heavy (non-hydrogen) atoms. The summed E-state index contributed by atoms with van der Waals surface area (Å²) >= 11 is 0. The van der Waals surface area contributed by atoms with E-state index in [4.69, 9.17) is 4.74 Å². The number of hydrogen-bond donors (Lipinski definition) is 1. The molecule has 1 heterocycles. The first-order chi connectivity index (χ1) is 8.66. The summed E-state index contributed by atoms with van der Waals surface area (Å²) in [6.45, 7) is 1.68. The Morgan fingerprint density at radius 3 is 2.72 bits per heavy atom. The molecule has 0 saturated heterocycles. The van der Waals surface area contributed by atoms with Gasteiger partial charge in [0.25, 0.3) is 5.91 Å². The van der Waals surface area contributed by atoms with Crippen LogP contribution in [0.1, 0.15) is 6.92 Å². The average Bonchev–Trinajstić information content (AvgIpc) is 2.76. The van der Waals surface area contributed by atoms with Crippen LogP contribution in [0.2, 0.25) is 0 Å². The predicted octanol–water partition coefficient (Wildman–Crippen LogP) is 1.22. The third kappa shape index (κ3) is 2.85. The smallest absolute Gasteiger partial charge is 0.267 e.